The largest absolute Gasteiger partial charge is 0.264 e. The molecule has 0 bridgehead atoms. The van der Waals surface area contributed by atoms with Gasteiger partial charge in [0.25, 0.3) is 0 Å². The molecule has 0 fully saturated rings. The van der Waals surface area contributed by atoms with Gasteiger partial charge in [-0.2, -0.15) is 0 Å². The second-order valence-electron chi connectivity index (χ2n) is 6.19. The predicted molar refractivity (Wildman–Crippen MR) is 85.1 cm³/mol. The zero-order valence-electron chi connectivity index (χ0n) is 13.6. The van der Waals surface area contributed by atoms with E-state index in [0.717, 1.165) is 0 Å². The first-order valence-corrected chi connectivity index (χ1v) is 8.53. The summed E-state index contributed by atoms with van der Waals surface area (Å²) in [5.41, 5.74) is 0. The first kappa shape index (κ1) is 16.5. The summed E-state index contributed by atoms with van der Waals surface area (Å²) in [7, 11) is 4.46. The Morgan fingerprint density at radius 3 is 1.89 bits per heavy atom. The van der Waals surface area contributed by atoms with Crippen molar-refractivity contribution in [3.8, 4) is 0 Å². The minimum Gasteiger partial charge on any atom is -0.264 e. The molecule has 0 aromatic carbocycles. The van der Waals surface area contributed by atoms with Gasteiger partial charge >= 0.3 is 0 Å². The molecule has 0 spiro atoms. The fourth-order valence-electron chi connectivity index (χ4n) is 3.00. The van der Waals surface area contributed by atoms with Crippen LogP contribution in [0.4, 0.5) is 0 Å². The van der Waals surface area contributed by atoms with Gasteiger partial charge in [-0.25, -0.2) is 0 Å². The summed E-state index contributed by atoms with van der Waals surface area (Å²) >= 11 is 0. The van der Waals surface area contributed by atoms with Crippen LogP contribution in [0.3, 0.4) is 0 Å². The second kappa shape index (κ2) is 10.3. The Bertz CT molecular complexity index is 258. The maximum absolute atomic E-state index is 2.42. The molecule has 0 radical (unpaired) electrons. The van der Waals surface area contributed by atoms with E-state index < -0.39 is 0 Å². The van der Waals surface area contributed by atoms with E-state index in [2.05, 4.69) is 30.5 Å². The molecular formula is C17H35N2+. The fourth-order valence-corrected chi connectivity index (χ4v) is 3.00. The third-order valence-electron chi connectivity index (χ3n) is 4.41. The van der Waals surface area contributed by atoms with Crippen LogP contribution in [0, 0.1) is 0 Å². The van der Waals surface area contributed by atoms with Crippen LogP contribution < -0.4 is 0 Å². The van der Waals surface area contributed by atoms with E-state index in [-0.39, 0.29) is 0 Å². The van der Waals surface area contributed by atoms with E-state index in [4.69, 9.17) is 0 Å². The summed E-state index contributed by atoms with van der Waals surface area (Å²) in [6, 6.07) is 0. The van der Waals surface area contributed by atoms with Gasteiger partial charge in [-0.15, -0.1) is 0 Å². The summed E-state index contributed by atoms with van der Waals surface area (Å²) in [6.45, 7) is 4.71. The molecule has 0 N–H and O–H groups in total. The molecule has 0 aromatic rings. The lowest BCUT2D eigenvalue weighted by Gasteiger charge is -2.07. The van der Waals surface area contributed by atoms with Crippen LogP contribution >= 0.6 is 0 Å². The van der Waals surface area contributed by atoms with Crippen molar-refractivity contribution in [2.24, 2.45) is 0 Å². The smallest absolute Gasteiger partial charge is 0.246 e. The van der Waals surface area contributed by atoms with Crippen LogP contribution in [0.25, 0.3) is 0 Å². The van der Waals surface area contributed by atoms with Crippen LogP contribution in [-0.4, -0.2) is 42.5 Å². The third kappa shape index (κ3) is 6.98. The molecule has 0 unspecified atom stereocenters. The molecule has 1 aliphatic heterocycles. The van der Waals surface area contributed by atoms with Crippen LogP contribution in [0.15, 0.2) is 0 Å². The van der Waals surface area contributed by atoms with Crippen molar-refractivity contribution in [3.05, 3.63) is 0 Å². The van der Waals surface area contributed by atoms with Gasteiger partial charge in [0.05, 0.1) is 14.1 Å². The summed E-state index contributed by atoms with van der Waals surface area (Å²) in [4.78, 5) is 2.42. The third-order valence-corrected chi connectivity index (χ3v) is 4.41. The molecule has 0 aliphatic carbocycles. The normalized spacial score (nSPS) is 15.6. The number of amidine groups is 1. The quantitative estimate of drug-likeness (QED) is 0.400. The number of nitrogens with zero attached hydrogens (tertiary/aromatic N) is 2. The monoisotopic (exact) mass is 267 g/mol. The highest BCUT2D eigenvalue weighted by Gasteiger charge is 2.23. The summed E-state index contributed by atoms with van der Waals surface area (Å²) in [5, 5.41) is 0. The van der Waals surface area contributed by atoms with Gasteiger partial charge in [-0.05, 0) is 6.42 Å². The Labute approximate surface area is 120 Å². The van der Waals surface area contributed by atoms with Gasteiger partial charge in [0.2, 0.25) is 5.84 Å². The zero-order valence-corrected chi connectivity index (χ0v) is 13.6. The van der Waals surface area contributed by atoms with E-state index in [1.165, 1.54) is 83.7 Å². The molecule has 0 aromatic heterocycles. The zero-order chi connectivity index (χ0) is 13.9. The first-order chi connectivity index (χ1) is 9.25. The average molecular weight is 267 g/mol. The molecule has 19 heavy (non-hydrogen) atoms. The fraction of sp³-hybridized carbons (Fsp3) is 0.941. The van der Waals surface area contributed by atoms with Gasteiger partial charge in [0.15, 0.2) is 0 Å². The van der Waals surface area contributed by atoms with Gasteiger partial charge < -0.3 is 0 Å². The molecule has 2 heteroatoms. The van der Waals surface area contributed by atoms with Crippen LogP contribution in [0.2, 0.25) is 0 Å². The molecule has 2 nitrogen and oxygen atoms in total. The Hall–Kier alpha value is -0.530. The summed E-state index contributed by atoms with van der Waals surface area (Å²) < 4.78 is 2.42. The van der Waals surface area contributed by atoms with Crippen molar-refractivity contribution in [3.63, 3.8) is 0 Å². The maximum Gasteiger partial charge on any atom is 0.246 e. The molecule has 1 aliphatic rings. The number of rotatable bonds is 11. The van der Waals surface area contributed by atoms with Crippen LogP contribution in [-0.2, 0) is 0 Å². The highest BCUT2D eigenvalue weighted by atomic mass is 15.3. The Morgan fingerprint density at radius 1 is 0.895 bits per heavy atom. The van der Waals surface area contributed by atoms with E-state index in [9.17, 15) is 0 Å². The Balaban J connectivity index is 1.88. The lowest BCUT2D eigenvalue weighted by molar-refractivity contribution is -0.487. The molecule has 1 rings (SSSR count). The first-order valence-electron chi connectivity index (χ1n) is 8.53. The highest BCUT2D eigenvalue weighted by Crippen LogP contribution is 2.12. The number of hydrogen-bond acceptors (Lipinski definition) is 1. The summed E-state index contributed by atoms with van der Waals surface area (Å²) in [5.74, 6) is 1.56. The molecule has 0 saturated carbocycles. The second-order valence-corrected chi connectivity index (χ2v) is 6.19. The van der Waals surface area contributed by atoms with Crippen LogP contribution in [0.5, 0.6) is 0 Å². The van der Waals surface area contributed by atoms with Gasteiger partial charge in [-0.1, -0.05) is 64.7 Å². The lowest BCUT2D eigenvalue weighted by atomic mass is 10.1. The molecule has 0 amide bonds. The van der Waals surface area contributed by atoms with E-state index in [0.29, 0.717) is 0 Å². The van der Waals surface area contributed by atoms with Crippen molar-refractivity contribution in [1.29, 1.82) is 0 Å². The Morgan fingerprint density at radius 2 is 1.42 bits per heavy atom. The number of hydrogen-bond donors (Lipinski definition) is 0. The van der Waals surface area contributed by atoms with Gasteiger partial charge in [0.1, 0.15) is 13.1 Å². The number of likely N-dealkylation sites (N-methyl/N-ethyl adjacent to an activating group) is 2. The van der Waals surface area contributed by atoms with Crippen LogP contribution in [0.1, 0.15) is 77.6 Å². The average Bonchev–Trinajstić information content (AvgIpc) is 2.72. The molecule has 0 saturated heterocycles. The SMILES string of the molecule is CCCCCCCCCCCCC1=[N+](C)CCN1C. The van der Waals surface area contributed by atoms with Gasteiger partial charge in [0, 0.05) is 6.42 Å². The molecule has 112 valence electrons. The topological polar surface area (TPSA) is 6.25 Å². The van der Waals surface area contributed by atoms with E-state index in [1.54, 1.807) is 5.84 Å². The van der Waals surface area contributed by atoms with Crippen molar-refractivity contribution < 1.29 is 4.58 Å². The van der Waals surface area contributed by atoms with E-state index >= 15 is 0 Å². The van der Waals surface area contributed by atoms with Crippen molar-refractivity contribution in [1.82, 2.24) is 4.90 Å². The predicted octanol–water partition coefficient (Wildman–Crippen LogP) is 4.28. The van der Waals surface area contributed by atoms with Gasteiger partial charge in [-0.3, -0.25) is 9.48 Å². The number of unbranched alkanes of at least 4 members (excludes halogenated alkanes) is 9. The summed E-state index contributed by atoms with van der Waals surface area (Å²) in [6.07, 6.45) is 15.6. The Kier molecular flexibility index (Phi) is 8.94. The van der Waals surface area contributed by atoms with Crippen molar-refractivity contribution in [2.75, 3.05) is 27.2 Å². The minimum atomic E-state index is 1.21. The standard InChI is InChI=1S/C17H35N2/c1-4-5-6-7-8-9-10-11-12-13-14-17-18(2)15-16-19(17)3/h4-16H2,1-3H3/q+1. The molecule has 1 heterocycles. The highest BCUT2D eigenvalue weighted by molar-refractivity contribution is 5.78. The lowest BCUT2D eigenvalue weighted by Crippen LogP contribution is -2.24. The molecule has 0 atom stereocenters. The maximum atomic E-state index is 2.42. The molecular weight excluding hydrogens is 232 g/mol. The van der Waals surface area contributed by atoms with Crippen molar-refractivity contribution in [2.45, 2.75) is 77.6 Å². The minimum absolute atomic E-state index is 1.21. The van der Waals surface area contributed by atoms with E-state index in [1.807, 2.05) is 0 Å². The van der Waals surface area contributed by atoms with Crippen molar-refractivity contribution >= 4 is 5.84 Å².